The standard InChI is InChI=1S/C35H34N2O6/c38-33(37-32(34(39)40)31-15-7-8-18-42-31)30(20-22-16-17-23-9-1-2-10-24(23)19-22)36-35(41)43-21-29-27-13-5-3-11-25(27)26-12-4-6-14-28(26)29/h1-6,9-14,16-17,19,29-32H,7-8,15,18,20-21H2,(H,36,41)(H,37,38)(H,39,40)/t30-,31?,32?/m0/s1. The van der Waals surface area contributed by atoms with Gasteiger partial charge in [-0.1, -0.05) is 91.0 Å². The van der Waals surface area contributed by atoms with Gasteiger partial charge in [0.05, 0.1) is 6.10 Å². The minimum absolute atomic E-state index is 0.0951. The van der Waals surface area contributed by atoms with Crippen LogP contribution < -0.4 is 10.6 Å². The van der Waals surface area contributed by atoms with Gasteiger partial charge in [-0.25, -0.2) is 9.59 Å². The fourth-order valence-corrected chi connectivity index (χ4v) is 6.19. The molecule has 2 unspecified atom stereocenters. The first-order valence-corrected chi connectivity index (χ1v) is 14.7. The largest absolute Gasteiger partial charge is 0.480 e. The van der Waals surface area contributed by atoms with E-state index in [1.165, 1.54) is 0 Å². The van der Waals surface area contributed by atoms with Crippen LogP contribution in [0.15, 0.2) is 91.0 Å². The first kappa shape index (κ1) is 28.4. The summed E-state index contributed by atoms with van der Waals surface area (Å²) in [5, 5.41) is 17.3. The number of amides is 2. The number of alkyl carbamates (subject to hydrolysis) is 1. The Morgan fingerprint density at radius 3 is 2.19 bits per heavy atom. The second kappa shape index (κ2) is 12.7. The van der Waals surface area contributed by atoms with Crippen molar-refractivity contribution in [2.75, 3.05) is 13.2 Å². The van der Waals surface area contributed by atoms with Crippen LogP contribution in [0.5, 0.6) is 0 Å². The van der Waals surface area contributed by atoms with E-state index in [2.05, 4.69) is 22.8 Å². The normalized spacial score (nSPS) is 17.3. The highest BCUT2D eigenvalue weighted by Gasteiger charge is 2.35. The van der Waals surface area contributed by atoms with Gasteiger partial charge in [-0.3, -0.25) is 4.79 Å². The van der Waals surface area contributed by atoms with E-state index in [0.29, 0.717) is 13.0 Å². The molecule has 1 heterocycles. The Balaban J connectivity index is 1.19. The van der Waals surface area contributed by atoms with E-state index in [9.17, 15) is 19.5 Å². The second-order valence-corrected chi connectivity index (χ2v) is 11.1. The van der Waals surface area contributed by atoms with Gasteiger partial charge in [-0.15, -0.1) is 0 Å². The van der Waals surface area contributed by atoms with E-state index in [1.54, 1.807) is 0 Å². The number of ether oxygens (including phenoxy) is 2. The fourth-order valence-electron chi connectivity index (χ4n) is 6.19. The summed E-state index contributed by atoms with van der Waals surface area (Å²) in [6.07, 6.45) is 0.980. The maximum atomic E-state index is 13.6. The van der Waals surface area contributed by atoms with Crippen LogP contribution in [0, 0.1) is 0 Å². The lowest BCUT2D eigenvalue weighted by molar-refractivity contribution is -0.148. The van der Waals surface area contributed by atoms with Crippen molar-refractivity contribution < 1.29 is 29.0 Å². The number of rotatable bonds is 9. The van der Waals surface area contributed by atoms with Crippen LogP contribution in [0.25, 0.3) is 21.9 Å². The zero-order valence-corrected chi connectivity index (χ0v) is 23.7. The van der Waals surface area contributed by atoms with E-state index in [0.717, 1.165) is 51.4 Å². The average molecular weight is 579 g/mol. The Bertz CT molecular complexity index is 1600. The number of nitrogens with one attached hydrogen (secondary N) is 2. The Labute approximate surface area is 250 Å². The number of carbonyl (C=O) groups is 3. The van der Waals surface area contributed by atoms with Gasteiger partial charge >= 0.3 is 12.1 Å². The molecule has 0 aromatic heterocycles. The number of carboxylic acid groups (broad SMARTS) is 1. The molecule has 1 fully saturated rings. The molecule has 8 heteroatoms. The average Bonchev–Trinajstić information content (AvgIpc) is 3.36. The lowest BCUT2D eigenvalue weighted by Gasteiger charge is -2.29. The smallest absolute Gasteiger partial charge is 0.407 e. The minimum atomic E-state index is -1.23. The molecule has 220 valence electrons. The van der Waals surface area contributed by atoms with Gasteiger partial charge < -0.3 is 25.2 Å². The quantitative estimate of drug-likeness (QED) is 0.244. The highest BCUT2D eigenvalue weighted by Crippen LogP contribution is 2.44. The summed E-state index contributed by atoms with van der Waals surface area (Å²) in [7, 11) is 0. The van der Waals surface area contributed by atoms with Crippen LogP contribution in [0.4, 0.5) is 4.79 Å². The van der Waals surface area contributed by atoms with Crippen molar-refractivity contribution in [2.45, 2.75) is 49.8 Å². The molecule has 6 rings (SSSR count). The maximum absolute atomic E-state index is 13.6. The topological polar surface area (TPSA) is 114 Å². The minimum Gasteiger partial charge on any atom is -0.480 e. The van der Waals surface area contributed by atoms with E-state index in [-0.39, 0.29) is 18.9 Å². The lowest BCUT2D eigenvalue weighted by atomic mass is 9.98. The Morgan fingerprint density at radius 1 is 0.837 bits per heavy atom. The molecular weight excluding hydrogens is 544 g/mol. The predicted octanol–water partition coefficient (Wildman–Crippen LogP) is 5.43. The van der Waals surface area contributed by atoms with Crippen LogP contribution in [0.1, 0.15) is 41.9 Å². The molecule has 4 aromatic rings. The van der Waals surface area contributed by atoms with Crippen LogP contribution in [0.3, 0.4) is 0 Å². The molecule has 8 nitrogen and oxygen atoms in total. The van der Waals surface area contributed by atoms with Crippen LogP contribution in [-0.4, -0.2) is 54.5 Å². The molecule has 3 N–H and O–H groups in total. The molecule has 1 saturated heterocycles. The molecule has 0 radical (unpaired) electrons. The van der Waals surface area contributed by atoms with Gasteiger partial charge in [0.15, 0.2) is 6.04 Å². The van der Waals surface area contributed by atoms with Gasteiger partial charge in [-0.2, -0.15) is 0 Å². The molecule has 3 atom stereocenters. The van der Waals surface area contributed by atoms with Crippen molar-refractivity contribution in [3.05, 3.63) is 108 Å². The Kier molecular flexibility index (Phi) is 8.38. The number of carbonyl (C=O) groups excluding carboxylic acids is 2. The molecular formula is C35H34N2O6. The van der Waals surface area contributed by atoms with Crippen LogP contribution in [-0.2, 0) is 25.5 Å². The van der Waals surface area contributed by atoms with Crippen molar-refractivity contribution >= 4 is 28.7 Å². The monoisotopic (exact) mass is 578 g/mol. The third kappa shape index (κ3) is 6.24. The second-order valence-electron chi connectivity index (χ2n) is 11.1. The third-order valence-electron chi connectivity index (χ3n) is 8.36. The number of carboxylic acids is 1. The van der Waals surface area contributed by atoms with E-state index in [4.69, 9.17) is 9.47 Å². The van der Waals surface area contributed by atoms with E-state index < -0.39 is 36.2 Å². The van der Waals surface area contributed by atoms with Gasteiger partial charge in [0.1, 0.15) is 12.6 Å². The number of aliphatic carboxylic acids is 1. The van der Waals surface area contributed by atoms with Crippen LogP contribution >= 0.6 is 0 Å². The summed E-state index contributed by atoms with van der Waals surface area (Å²) in [5.74, 6) is -1.92. The van der Waals surface area contributed by atoms with Gasteiger partial charge in [0.25, 0.3) is 0 Å². The third-order valence-corrected chi connectivity index (χ3v) is 8.36. The van der Waals surface area contributed by atoms with Crippen molar-refractivity contribution in [2.24, 2.45) is 0 Å². The first-order valence-electron chi connectivity index (χ1n) is 14.7. The Hall–Kier alpha value is -4.69. The number of hydrogen-bond acceptors (Lipinski definition) is 5. The Morgan fingerprint density at radius 2 is 1.51 bits per heavy atom. The highest BCUT2D eigenvalue weighted by molar-refractivity contribution is 5.90. The zero-order valence-electron chi connectivity index (χ0n) is 23.7. The number of hydrogen-bond donors (Lipinski definition) is 3. The summed E-state index contributed by atoms with van der Waals surface area (Å²) in [4.78, 5) is 38.9. The van der Waals surface area contributed by atoms with Crippen molar-refractivity contribution in [3.8, 4) is 11.1 Å². The van der Waals surface area contributed by atoms with E-state index >= 15 is 0 Å². The summed E-state index contributed by atoms with van der Waals surface area (Å²) in [5.41, 5.74) is 5.21. The molecule has 2 aliphatic rings. The number of benzene rings is 4. The maximum Gasteiger partial charge on any atom is 0.407 e. The molecule has 0 saturated carbocycles. The van der Waals surface area contributed by atoms with Gasteiger partial charge in [0, 0.05) is 18.9 Å². The van der Waals surface area contributed by atoms with Gasteiger partial charge in [-0.05, 0) is 57.9 Å². The summed E-state index contributed by atoms with van der Waals surface area (Å²) < 4.78 is 11.4. The molecule has 0 bridgehead atoms. The summed E-state index contributed by atoms with van der Waals surface area (Å²) >= 11 is 0. The molecule has 43 heavy (non-hydrogen) atoms. The van der Waals surface area contributed by atoms with Crippen LogP contribution in [0.2, 0.25) is 0 Å². The van der Waals surface area contributed by atoms with Gasteiger partial charge in [0.2, 0.25) is 5.91 Å². The molecule has 4 aromatic carbocycles. The SMILES string of the molecule is O=C(N[C@@H](Cc1ccc2ccccc2c1)C(=O)NC(C(=O)O)C1CCCCO1)OCC1c2ccccc2-c2ccccc21. The molecule has 0 spiro atoms. The summed E-state index contributed by atoms with van der Waals surface area (Å²) in [6.45, 7) is 0.542. The molecule has 1 aliphatic carbocycles. The van der Waals surface area contributed by atoms with E-state index in [1.807, 2.05) is 78.9 Å². The number of fused-ring (bicyclic) bond motifs is 4. The van der Waals surface area contributed by atoms with Crippen molar-refractivity contribution in [1.82, 2.24) is 10.6 Å². The fraction of sp³-hybridized carbons (Fsp3) is 0.286. The zero-order chi connectivity index (χ0) is 29.8. The van der Waals surface area contributed by atoms with Crippen molar-refractivity contribution in [3.63, 3.8) is 0 Å². The predicted molar refractivity (Wildman–Crippen MR) is 163 cm³/mol. The molecule has 1 aliphatic heterocycles. The lowest BCUT2D eigenvalue weighted by Crippen LogP contribution is -2.56. The van der Waals surface area contributed by atoms with Crippen molar-refractivity contribution in [1.29, 1.82) is 0 Å². The summed E-state index contributed by atoms with van der Waals surface area (Å²) in [6, 6.07) is 27.5. The highest BCUT2D eigenvalue weighted by atomic mass is 16.5. The first-order chi connectivity index (χ1) is 21.0. The molecule has 2 amide bonds.